The van der Waals surface area contributed by atoms with E-state index in [2.05, 4.69) is 5.32 Å². The third-order valence-electron chi connectivity index (χ3n) is 2.39. The van der Waals surface area contributed by atoms with Crippen LogP contribution in [0.1, 0.15) is 16.7 Å². The van der Waals surface area contributed by atoms with Gasteiger partial charge in [-0.2, -0.15) is 8.78 Å². The summed E-state index contributed by atoms with van der Waals surface area (Å²) in [6.45, 7) is 2.04. The van der Waals surface area contributed by atoms with Crippen molar-refractivity contribution in [3.63, 3.8) is 0 Å². The zero-order chi connectivity index (χ0) is 9.47. The van der Waals surface area contributed by atoms with Crippen LogP contribution in [0.4, 0.5) is 8.78 Å². The van der Waals surface area contributed by atoms with Gasteiger partial charge >= 0.3 is 0 Å². The van der Waals surface area contributed by atoms with Crippen LogP contribution in [0.5, 0.6) is 0 Å². The molecule has 1 aromatic rings. The Hall–Kier alpha value is -0.960. The maximum absolute atomic E-state index is 13.4. The predicted molar refractivity (Wildman–Crippen MR) is 46.8 cm³/mol. The van der Waals surface area contributed by atoms with Gasteiger partial charge in [-0.25, -0.2) is 0 Å². The highest BCUT2D eigenvalue weighted by Crippen LogP contribution is 2.35. The molecule has 0 atom stereocenters. The molecule has 0 bridgehead atoms. The molecule has 2 rings (SSSR count). The van der Waals surface area contributed by atoms with Gasteiger partial charge in [0.05, 0.1) is 6.54 Å². The summed E-state index contributed by atoms with van der Waals surface area (Å²) in [7, 11) is 0. The standard InChI is InChI=1S/C10H11F2N/c1-7-3-2-4-8-5-13-6-10(11,12)9(7)8/h2-4,13H,5-6H2,1H3. The van der Waals surface area contributed by atoms with Crippen molar-refractivity contribution in [1.29, 1.82) is 0 Å². The predicted octanol–water partition coefficient (Wildman–Crippen LogP) is 2.19. The van der Waals surface area contributed by atoms with Crippen molar-refractivity contribution < 1.29 is 8.78 Å². The topological polar surface area (TPSA) is 12.0 Å². The fourth-order valence-electron chi connectivity index (χ4n) is 1.84. The van der Waals surface area contributed by atoms with Crippen LogP contribution in [-0.4, -0.2) is 6.54 Å². The molecule has 0 unspecified atom stereocenters. The SMILES string of the molecule is Cc1cccc2c1C(F)(F)CNC2. The monoisotopic (exact) mass is 183 g/mol. The summed E-state index contributed by atoms with van der Waals surface area (Å²) < 4.78 is 26.8. The van der Waals surface area contributed by atoms with Crippen molar-refractivity contribution >= 4 is 0 Å². The quantitative estimate of drug-likeness (QED) is 0.650. The molecule has 1 nitrogen and oxygen atoms in total. The number of nitrogens with one attached hydrogen (secondary N) is 1. The molecular formula is C10H11F2N. The lowest BCUT2D eigenvalue weighted by Gasteiger charge is -2.27. The van der Waals surface area contributed by atoms with Crippen molar-refractivity contribution in [1.82, 2.24) is 5.32 Å². The molecule has 1 aromatic carbocycles. The molecule has 0 amide bonds. The van der Waals surface area contributed by atoms with Crippen LogP contribution in [0.25, 0.3) is 0 Å². The number of benzene rings is 1. The molecule has 1 N–H and O–H groups in total. The van der Waals surface area contributed by atoms with Crippen molar-refractivity contribution in [2.45, 2.75) is 19.4 Å². The molecule has 1 aliphatic heterocycles. The van der Waals surface area contributed by atoms with Gasteiger partial charge in [0.2, 0.25) is 0 Å². The van der Waals surface area contributed by atoms with Gasteiger partial charge in [-0.15, -0.1) is 0 Å². The number of aryl methyl sites for hydroxylation is 1. The molecule has 13 heavy (non-hydrogen) atoms. The van der Waals surface area contributed by atoms with Gasteiger partial charge in [0.15, 0.2) is 0 Å². The number of alkyl halides is 2. The van der Waals surface area contributed by atoms with Crippen molar-refractivity contribution in [3.8, 4) is 0 Å². The van der Waals surface area contributed by atoms with Crippen LogP contribution in [0.2, 0.25) is 0 Å². The Labute approximate surface area is 75.8 Å². The summed E-state index contributed by atoms with van der Waals surface area (Å²) in [6, 6.07) is 5.30. The minimum atomic E-state index is -2.71. The molecule has 0 aliphatic carbocycles. The Morgan fingerprint density at radius 3 is 2.85 bits per heavy atom. The van der Waals surface area contributed by atoms with E-state index in [1.807, 2.05) is 6.07 Å². The molecule has 3 heteroatoms. The number of halogens is 2. The maximum Gasteiger partial charge on any atom is 0.285 e. The van der Waals surface area contributed by atoms with E-state index < -0.39 is 5.92 Å². The van der Waals surface area contributed by atoms with E-state index in [9.17, 15) is 8.78 Å². The summed E-state index contributed by atoms with van der Waals surface area (Å²) in [5.74, 6) is -2.71. The third kappa shape index (κ3) is 1.33. The van der Waals surface area contributed by atoms with Gasteiger partial charge < -0.3 is 5.32 Å². The van der Waals surface area contributed by atoms with Crippen LogP contribution in [0.3, 0.4) is 0 Å². The Balaban J connectivity index is 2.61. The Morgan fingerprint density at radius 1 is 1.38 bits per heavy atom. The minimum Gasteiger partial charge on any atom is -0.307 e. The lowest BCUT2D eigenvalue weighted by atomic mass is 9.93. The highest BCUT2D eigenvalue weighted by molar-refractivity contribution is 5.39. The lowest BCUT2D eigenvalue weighted by Crippen LogP contribution is -2.37. The van der Waals surface area contributed by atoms with Crippen LogP contribution < -0.4 is 5.32 Å². The molecule has 70 valence electrons. The highest BCUT2D eigenvalue weighted by atomic mass is 19.3. The Morgan fingerprint density at radius 2 is 2.15 bits per heavy atom. The van der Waals surface area contributed by atoms with Gasteiger partial charge in [-0.05, 0) is 18.1 Å². The summed E-state index contributed by atoms with van der Waals surface area (Å²) in [6.07, 6.45) is 0. The summed E-state index contributed by atoms with van der Waals surface area (Å²) in [5, 5.41) is 2.71. The second-order valence-electron chi connectivity index (χ2n) is 3.42. The molecular weight excluding hydrogens is 172 g/mol. The molecule has 1 aliphatic rings. The van der Waals surface area contributed by atoms with E-state index in [0.717, 1.165) is 5.56 Å². The zero-order valence-electron chi connectivity index (χ0n) is 7.40. The first-order chi connectivity index (χ1) is 6.11. The second kappa shape index (κ2) is 2.77. The summed E-state index contributed by atoms with van der Waals surface area (Å²) in [5.41, 5.74) is 1.62. The number of fused-ring (bicyclic) bond motifs is 1. The van der Waals surface area contributed by atoms with Crippen molar-refractivity contribution in [2.24, 2.45) is 0 Å². The Kier molecular flexibility index (Phi) is 1.84. The first kappa shape index (κ1) is 8.63. The normalized spacial score (nSPS) is 19.6. The molecule has 0 saturated carbocycles. The number of hydrogen-bond acceptors (Lipinski definition) is 1. The molecule has 0 saturated heterocycles. The average Bonchev–Trinajstić information content (AvgIpc) is 2.02. The lowest BCUT2D eigenvalue weighted by molar-refractivity contribution is -0.0114. The van der Waals surface area contributed by atoms with Gasteiger partial charge in [0.1, 0.15) is 0 Å². The summed E-state index contributed by atoms with van der Waals surface area (Å²) >= 11 is 0. The fourth-order valence-corrected chi connectivity index (χ4v) is 1.84. The maximum atomic E-state index is 13.4. The van der Waals surface area contributed by atoms with Crippen LogP contribution in [0, 0.1) is 6.92 Å². The number of hydrogen-bond donors (Lipinski definition) is 1. The van der Waals surface area contributed by atoms with Crippen molar-refractivity contribution in [3.05, 3.63) is 34.9 Å². The highest BCUT2D eigenvalue weighted by Gasteiger charge is 2.37. The van der Waals surface area contributed by atoms with Crippen molar-refractivity contribution in [2.75, 3.05) is 6.54 Å². The molecule has 0 aromatic heterocycles. The van der Waals surface area contributed by atoms with Gasteiger partial charge in [0.25, 0.3) is 5.92 Å². The average molecular weight is 183 g/mol. The van der Waals surface area contributed by atoms with Crippen LogP contribution >= 0.6 is 0 Å². The van der Waals surface area contributed by atoms with E-state index in [1.165, 1.54) is 0 Å². The first-order valence-electron chi connectivity index (χ1n) is 4.29. The molecule has 0 fully saturated rings. The second-order valence-corrected chi connectivity index (χ2v) is 3.42. The Bertz CT molecular complexity index is 334. The van der Waals surface area contributed by atoms with E-state index >= 15 is 0 Å². The van der Waals surface area contributed by atoms with E-state index in [0.29, 0.717) is 12.1 Å². The summed E-state index contributed by atoms with van der Waals surface area (Å²) in [4.78, 5) is 0. The molecule has 1 heterocycles. The molecule has 0 spiro atoms. The minimum absolute atomic E-state index is 0.216. The fraction of sp³-hybridized carbons (Fsp3) is 0.400. The van der Waals surface area contributed by atoms with E-state index in [-0.39, 0.29) is 12.1 Å². The smallest absolute Gasteiger partial charge is 0.285 e. The zero-order valence-corrected chi connectivity index (χ0v) is 7.40. The van der Waals surface area contributed by atoms with E-state index in [4.69, 9.17) is 0 Å². The van der Waals surface area contributed by atoms with Crippen LogP contribution in [-0.2, 0) is 12.5 Å². The third-order valence-corrected chi connectivity index (χ3v) is 2.39. The largest absolute Gasteiger partial charge is 0.307 e. The van der Waals surface area contributed by atoms with Crippen LogP contribution in [0.15, 0.2) is 18.2 Å². The van der Waals surface area contributed by atoms with E-state index in [1.54, 1.807) is 19.1 Å². The van der Waals surface area contributed by atoms with Gasteiger partial charge in [-0.1, -0.05) is 18.2 Å². The van der Waals surface area contributed by atoms with Gasteiger partial charge in [0, 0.05) is 12.1 Å². The number of rotatable bonds is 0. The first-order valence-corrected chi connectivity index (χ1v) is 4.29. The molecule has 0 radical (unpaired) electrons. The van der Waals surface area contributed by atoms with Gasteiger partial charge in [-0.3, -0.25) is 0 Å².